The zero-order valence-corrected chi connectivity index (χ0v) is 14.3. The van der Waals surface area contributed by atoms with E-state index in [9.17, 15) is 0 Å². The summed E-state index contributed by atoms with van der Waals surface area (Å²) in [4.78, 5) is 7.02. The Hall–Kier alpha value is -2.40. The lowest BCUT2D eigenvalue weighted by Gasteiger charge is -2.26. The molecule has 25 heavy (non-hydrogen) atoms. The lowest BCUT2D eigenvalue weighted by atomic mass is 10.1. The van der Waals surface area contributed by atoms with Crippen LogP contribution in [0.5, 0.6) is 0 Å². The van der Waals surface area contributed by atoms with Gasteiger partial charge in [-0.15, -0.1) is 0 Å². The van der Waals surface area contributed by atoms with E-state index in [0.29, 0.717) is 24.9 Å². The fraction of sp³-hybridized carbons (Fsp3) is 0.400. The molecule has 1 aliphatic rings. The Morgan fingerprint density at radius 1 is 1.00 bits per heavy atom. The van der Waals surface area contributed by atoms with Crippen LogP contribution >= 0.6 is 0 Å². The molecule has 0 radical (unpaired) electrons. The molecule has 1 fully saturated rings. The summed E-state index contributed by atoms with van der Waals surface area (Å²) in [5.41, 5.74) is 1.18. The van der Waals surface area contributed by atoms with Gasteiger partial charge in [0.05, 0.1) is 25.8 Å². The highest BCUT2D eigenvalue weighted by molar-refractivity contribution is 5.17. The van der Waals surface area contributed by atoms with Gasteiger partial charge in [0.25, 0.3) is 0 Å². The van der Waals surface area contributed by atoms with Crippen LogP contribution in [0.1, 0.15) is 48.7 Å². The molecule has 5 heteroatoms. The van der Waals surface area contributed by atoms with E-state index in [0.717, 1.165) is 18.1 Å². The van der Waals surface area contributed by atoms with Crippen molar-refractivity contribution in [3.63, 3.8) is 0 Å². The van der Waals surface area contributed by atoms with Gasteiger partial charge in [0, 0.05) is 6.04 Å². The van der Waals surface area contributed by atoms with E-state index in [4.69, 9.17) is 8.94 Å². The monoisotopic (exact) mass is 337 g/mol. The molecule has 0 spiro atoms. The Morgan fingerprint density at radius 2 is 1.84 bits per heavy atom. The smallest absolute Gasteiger partial charge is 0.231 e. The summed E-state index contributed by atoms with van der Waals surface area (Å²) in [6.45, 7) is 1.49. The molecule has 130 valence electrons. The number of aromatic nitrogens is 2. The lowest BCUT2D eigenvalue weighted by molar-refractivity contribution is 0.161. The minimum Gasteiger partial charge on any atom is -0.468 e. The first-order valence-corrected chi connectivity index (χ1v) is 8.98. The van der Waals surface area contributed by atoms with Crippen LogP contribution in [0.15, 0.2) is 57.7 Å². The van der Waals surface area contributed by atoms with Gasteiger partial charge in [0.15, 0.2) is 5.82 Å². The first-order chi connectivity index (χ1) is 12.4. The molecule has 0 bridgehead atoms. The van der Waals surface area contributed by atoms with E-state index in [1.165, 1.54) is 31.2 Å². The molecule has 2 heterocycles. The molecule has 4 rings (SSSR count). The molecule has 0 unspecified atom stereocenters. The van der Waals surface area contributed by atoms with Crippen molar-refractivity contribution in [1.29, 1.82) is 0 Å². The number of rotatable bonds is 7. The average molecular weight is 337 g/mol. The second-order valence-electron chi connectivity index (χ2n) is 6.69. The predicted octanol–water partition coefficient (Wildman–Crippen LogP) is 4.20. The normalized spacial score (nSPS) is 15.2. The molecule has 1 aliphatic carbocycles. The maximum atomic E-state index is 5.54. The van der Waals surface area contributed by atoms with E-state index in [1.54, 1.807) is 6.26 Å². The van der Waals surface area contributed by atoms with Gasteiger partial charge in [-0.3, -0.25) is 4.90 Å². The van der Waals surface area contributed by atoms with Crippen LogP contribution in [0, 0.1) is 0 Å². The summed E-state index contributed by atoms with van der Waals surface area (Å²) >= 11 is 0. The number of nitrogens with zero attached hydrogens (tertiary/aromatic N) is 3. The van der Waals surface area contributed by atoms with Crippen molar-refractivity contribution in [2.45, 2.75) is 51.2 Å². The molecule has 1 aromatic carbocycles. The number of benzene rings is 1. The number of hydrogen-bond donors (Lipinski definition) is 0. The number of hydrogen-bond acceptors (Lipinski definition) is 5. The zero-order valence-electron chi connectivity index (χ0n) is 14.3. The van der Waals surface area contributed by atoms with Crippen molar-refractivity contribution in [2.75, 3.05) is 0 Å². The predicted molar refractivity (Wildman–Crippen MR) is 93.8 cm³/mol. The summed E-state index contributed by atoms with van der Waals surface area (Å²) in [6, 6.07) is 14.7. The largest absolute Gasteiger partial charge is 0.468 e. The van der Waals surface area contributed by atoms with Gasteiger partial charge in [-0.25, -0.2) is 0 Å². The topological polar surface area (TPSA) is 55.3 Å². The van der Waals surface area contributed by atoms with Crippen LogP contribution in [0.3, 0.4) is 0 Å². The van der Waals surface area contributed by atoms with Crippen LogP contribution < -0.4 is 0 Å². The van der Waals surface area contributed by atoms with E-state index < -0.39 is 0 Å². The van der Waals surface area contributed by atoms with E-state index in [-0.39, 0.29) is 0 Å². The Kier molecular flexibility index (Phi) is 4.93. The maximum absolute atomic E-state index is 5.54. The number of furan rings is 1. The van der Waals surface area contributed by atoms with E-state index in [2.05, 4.69) is 27.2 Å². The highest BCUT2D eigenvalue weighted by Gasteiger charge is 2.25. The van der Waals surface area contributed by atoms with Gasteiger partial charge in [0.2, 0.25) is 5.89 Å². The second kappa shape index (κ2) is 7.66. The molecule has 1 saturated carbocycles. The first-order valence-electron chi connectivity index (χ1n) is 8.98. The average Bonchev–Trinajstić information content (AvgIpc) is 3.38. The van der Waals surface area contributed by atoms with Gasteiger partial charge < -0.3 is 8.94 Å². The quantitative estimate of drug-likeness (QED) is 0.647. The summed E-state index contributed by atoms with van der Waals surface area (Å²) in [7, 11) is 0. The third-order valence-electron chi connectivity index (χ3n) is 4.83. The highest BCUT2D eigenvalue weighted by Crippen LogP contribution is 2.26. The van der Waals surface area contributed by atoms with Crippen molar-refractivity contribution in [1.82, 2.24) is 15.0 Å². The third kappa shape index (κ3) is 4.17. The molecule has 0 amide bonds. The summed E-state index contributed by atoms with van der Waals surface area (Å²) in [6.07, 6.45) is 7.46. The van der Waals surface area contributed by atoms with Gasteiger partial charge in [0.1, 0.15) is 5.76 Å². The molecule has 2 aromatic heterocycles. The van der Waals surface area contributed by atoms with Gasteiger partial charge >= 0.3 is 0 Å². The molecule has 0 aliphatic heterocycles. The second-order valence-corrected chi connectivity index (χ2v) is 6.69. The molecule has 0 saturated heterocycles. The molecular formula is C20H23N3O2. The summed E-state index contributed by atoms with van der Waals surface area (Å²) in [5.74, 6) is 2.41. The van der Waals surface area contributed by atoms with Crippen molar-refractivity contribution in [3.8, 4) is 0 Å². The van der Waals surface area contributed by atoms with Gasteiger partial charge in [-0.1, -0.05) is 48.3 Å². The Labute approximate surface area is 147 Å². The molecular weight excluding hydrogens is 314 g/mol. The van der Waals surface area contributed by atoms with Crippen LogP contribution in [-0.4, -0.2) is 21.1 Å². The van der Waals surface area contributed by atoms with Crippen molar-refractivity contribution < 1.29 is 8.94 Å². The fourth-order valence-electron chi connectivity index (χ4n) is 3.56. The van der Waals surface area contributed by atoms with Crippen molar-refractivity contribution in [3.05, 3.63) is 71.8 Å². The van der Waals surface area contributed by atoms with Crippen LogP contribution in [0.2, 0.25) is 0 Å². The minimum atomic E-state index is 0.571. The summed E-state index contributed by atoms with van der Waals surface area (Å²) in [5, 5.41) is 4.19. The summed E-state index contributed by atoms with van der Waals surface area (Å²) < 4.78 is 11.0. The third-order valence-corrected chi connectivity index (χ3v) is 4.83. The van der Waals surface area contributed by atoms with Crippen LogP contribution in [0.25, 0.3) is 0 Å². The van der Waals surface area contributed by atoms with E-state index >= 15 is 0 Å². The van der Waals surface area contributed by atoms with Gasteiger partial charge in [-0.2, -0.15) is 4.98 Å². The molecule has 0 N–H and O–H groups in total. The Morgan fingerprint density at radius 3 is 2.60 bits per heavy atom. The van der Waals surface area contributed by atoms with E-state index in [1.807, 2.05) is 30.3 Å². The molecule has 3 aromatic rings. The fourth-order valence-corrected chi connectivity index (χ4v) is 3.56. The Balaban J connectivity index is 1.44. The Bertz CT molecular complexity index is 761. The highest BCUT2D eigenvalue weighted by atomic mass is 16.5. The SMILES string of the molecule is c1ccc(Cc2nc(CN(Cc3ccco3)C3CCCC3)no2)cc1. The van der Waals surface area contributed by atoms with Crippen molar-refractivity contribution in [2.24, 2.45) is 0 Å². The van der Waals surface area contributed by atoms with Crippen molar-refractivity contribution >= 4 is 0 Å². The maximum Gasteiger partial charge on any atom is 0.231 e. The molecule has 0 atom stereocenters. The van der Waals surface area contributed by atoms with Crippen LogP contribution in [0.4, 0.5) is 0 Å². The lowest BCUT2D eigenvalue weighted by Crippen LogP contribution is -2.32. The van der Waals surface area contributed by atoms with Gasteiger partial charge in [-0.05, 0) is 30.5 Å². The zero-order chi connectivity index (χ0) is 16.9. The molecule has 5 nitrogen and oxygen atoms in total. The standard InChI is InChI=1S/C20H23N3O2/c1-2-7-16(8-3-1)13-20-21-19(22-25-20)15-23(17-9-4-5-10-17)14-18-11-6-12-24-18/h1-3,6-8,11-12,17H,4-5,9-10,13-15H2. The minimum absolute atomic E-state index is 0.571. The van der Waals surface area contributed by atoms with Crippen LogP contribution in [-0.2, 0) is 19.5 Å². The first kappa shape index (κ1) is 16.1.